The van der Waals surface area contributed by atoms with Crippen molar-refractivity contribution >= 4 is 39.0 Å². The van der Waals surface area contributed by atoms with Crippen molar-refractivity contribution in [3.05, 3.63) is 105 Å². The number of carbonyl (C=O) groups is 1. The number of amidine groups is 1. The van der Waals surface area contributed by atoms with Crippen LogP contribution in [0.5, 0.6) is 11.5 Å². The topological polar surface area (TPSA) is 82.9 Å². The Balaban J connectivity index is 1.67. The Bertz CT molecular complexity index is 1540. The van der Waals surface area contributed by atoms with Gasteiger partial charge in [0.15, 0.2) is 17.3 Å². The van der Waals surface area contributed by atoms with Crippen LogP contribution in [0.3, 0.4) is 0 Å². The number of fused-ring (bicyclic) bond motifs is 1. The van der Waals surface area contributed by atoms with E-state index in [0.29, 0.717) is 41.1 Å². The molecule has 3 aromatic carbocycles. The zero-order valence-corrected chi connectivity index (χ0v) is 22.7. The summed E-state index contributed by atoms with van der Waals surface area (Å²) in [5, 5.41) is 21.3. The van der Waals surface area contributed by atoms with Crippen molar-refractivity contribution in [2.24, 2.45) is 5.41 Å². The van der Waals surface area contributed by atoms with Crippen LogP contribution < -0.4 is 14.4 Å². The number of allylic oxidation sites excluding steroid dienone is 2. The van der Waals surface area contributed by atoms with E-state index in [1.807, 2.05) is 77.7 Å². The van der Waals surface area contributed by atoms with Crippen molar-refractivity contribution in [2.45, 2.75) is 32.6 Å². The predicted molar refractivity (Wildman–Crippen MR) is 151 cm³/mol. The van der Waals surface area contributed by atoms with E-state index in [0.717, 1.165) is 21.4 Å². The molecular formula is C31H27BrN2O4. The van der Waals surface area contributed by atoms with E-state index < -0.39 is 5.92 Å². The largest absolute Gasteiger partial charge is 0.507 e. The molecule has 0 saturated heterocycles. The number of benzene rings is 3. The van der Waals surface area contributed by atoms with Crippen molar-refractivity contribution < 1.29 is 19.4 Å². The van der Waals surface area contributed by atoms with Gasteiger partial charge in [-0.2, -0.15) is 0 Å². The molecule has 3 aliphatic rings. The average molecular weight is 571 g/mol. The van der Waals surface area contributed by atoms with Crippen molar-refractivity contribution in [1.82, 2.24) is 0 Å². The molecule has 1 aliphatic carbocycles. The van der Waals surface area contributed by atoms with Crippen LogP contribution in [0.15, 0.2) is 94.1 Å². The number of anilines is 1. The molecule has 0 radical (unpaired) electrons. The second-order valence-corrected chi connectivity index (χ2v) is 11.6. The van der Waals surface area contributed by atoms with Gasteiger partial charge in [0.1, 0.15) is 11.6 Å². The van der Waals surface area contributed by atoms with E-state index in [1.54, 1.807) is 0 Å². The molecule has 6 rings (SSSR count). The molecule has 0 bridgehead atoms. The maximum absolute atomic E-state index is 14.0. The average Bonchev–Trinajstić information content (AvgIpc) is 3.35. The van der Waals surface area contributed by atoms with Crippen molar-refractivity contribution in [3.63, 3.8) is 0 Å². The number of nitrogens with zero attached hydrogens (tertiary/aromatic N) is 1. The first kappa shape index (κ1) is 24.5. The van der Waals surface area contributed by atoms with Gasteiger partial charge in [0.05, 0.1) is 0 Å². The fraction of sp³-hybridized carbons (Fsp3) is 0.226. The standard InChI is InChI=1S/C31H27BrN2O4/c1-31(2)15-22-27(23(35)16-31)26(19-11-12-24-25(13-19)38-17-37-24)28(29(36)18-7-4-3-5-8-18)30(33)34(22)21-10-6-9-20(32)14-21/h3-14,26,33,36H,15-17H2,1-2H3/b29-28+,33-30?. The molecule has 6 nitrogen and oxygen atoms in total. The van der Waals surface area contributed by atoms with Gasteiger partial charge >= 0.3 is 0 Å². The number of nitrogens with one attached hydrogen (secondary N) is 1. The van der Waals surface area contributed by atoms with Crippen LogP contribution in [0, 0.1) is 10.8 Å². The lowest BCUT2D eigenvalue weighted by molar-refractivity contribution is -0.118. The van der Waals surface area contributed by atoms with Gasteiger partial charge in [-0.05, 0) is 47.7 Å². The van der Waals surface area contributed by atoms with E-state index in [1.165, 1.54) is 0 Å². The van der Waals surface area contributed by atoms with Crippen LogP contribution in [-0.4, -0.2) is 23.5 Å². The zero-order chi connectivity index (χ0) is 26.6. The first-order valence-electron chi connectivity index (χ1n) is 12.5. The highest BCUT2D eigenvalue weighted by Crippen LogP contribution is 2.52. The molecule has 2 N–H and O–H groups in total. The van der Waals surface area contributed by atoms with Gasteiger partial charge in [-0.3, -0.25) is 15.1 Å². The fourth-order valence-electron chi connectivity index (χ4n) is 5.69. The number of rotatable bonds is 3. The molecule has 0 fully saturated rings. The lowest BCUT2D eigenvalue weighted by Gasteiger charge is -2.45. The summed E-state index contributed by atoms with van der Waals surface area (Å²) in [6.45, 7) is 4.30. The number of Topliss-reactive ketones (excluding diaryl/α,β-unsaturated/α-hetero) is 1. The highest BCUT2D eigenvalue weighted by atomic mass is 79.9. The molecule has 0 saturated carbocycles. The number of halogens is 1. The smallest absolute Gasteiger partial charge is 0.231 e. The summed E-state index contributed by atoms with van der Waals surface area (Å²) in [7, 11) is 0. The normalized spacial score (nSPS) is 21.4. The number of ether oxygens (including phenoxy) is 2. The molecule has 192 valence electrons. The van der Waals surface area contributed by atoms with Crippen LogP contribution in [0.1, 0.15) is 43.7 Å². The van der Waals surface area contributed by atoms with Gasteiger partial charge < -0.3 is 14.6 Å². The highest BCUT2D eigenvalue weighted by Gasteiger charge is 2.47. The molecule has 2 aliphatic heterocycles. The van der Waals surface area contributed by atoms with Crippen LogP contribution >= 0.6 is 15.9 Å². The van der Waals surface area contributed by atoms with Crippen LogP contribution in [0.25, 0.3) is 5.76 Å². The van der Waals surface area contributed by atoms with Gasteiger partial charge in [0.2, 0.25) is 6.79 Å². The van der Waals surface area contributed by atoms with Gasteiger partial charge in [0.25, 0.3) is 0 Å². The van der Waals surface area contributed by atoms with Gasteiger partial charge in [0, 0.05) is 44.9 Å². The Morgan fingerprint density at radius 1 is 1.00 bits per heavy atom. The lowest BCUT2D eigenvalue weighted by atomic mass is 9.67. The Morgan fingerprint density at radius 3 is 2.53 bits per heavy atom. The summed E-state index contributed by atoms with van der Waals surface area (Å²) in [5.74, 6) is 0.717. The zero-order valence-electron chi connectivity index (χ0n) is 21.1. The Kier molecular flexibility index (Phi) is 5.91. The number of hydrogen-bond acceptors (Lipinski definition) is 5. The number of ketones is 1. The third kappa shape index (κ3) is 4.11. The van der Waals surface area contributed by atoms with E-state index in [9.17, 15) is 15.3 Å². The molecule has 0 spiro atoms. The van der Waals surface area contributed by atoms with Gasteiger partial charge in [-0.25, -0.2) is 0 Å². The summed E-state index contributed by atoms with van der Waals surface area (Å²) < 4.78 is 12.1. The Hall–Kier alpha value is -3.84. The molecule has 7 heteroatoms. The van der Waals surface area contributed by atoms with E-state index in [4.69, 9.17) is 9.47 Å². The number of aliphatic hydroxyl groups is 1. The third-order valence-electron chi connectivity index (χ3n) is 7.32. The van der Waals surface area contributed by atoms with Crippen molar-refractivity contribution in [1.29, 1.82) is 5.41 Å². The maximum Gasteiger partial charge on any atom is 0.231 e. The Labute approximate surface area is 229 Å². The quantitative estimate of drug-likeness (QED) is 0.321. The van der Waals surface area contributed by atoms with Gasteiger partial charge in [-0.15, -0.1) is 0 Å². The molecule has 1 unspecified atom stereocenters. The van der Waals surface area contributed by atoms with Crippen LogP contribution in [-0.2, 0) is 4.79 Å². The molecule has 2 heterocycles. The second kappa shape index (κ2) is 9.17. The third-order valence-corrected chi connectivity index (χ3v) is 7.81. The lowest BCUT2D eigenvalue weighted by Crippen LogP contribution is -2.45. The fourth-order valence-corrected chi connectivity index (χ4v) is 6.08. The van der Waals surface area contributed by atoms with Crippen LogP contribution in [0.2, 0.25) is 0 Å². The SMILES string of the molecule is CC1(C)CC(=O)C2=C(C1)N(c1cccc(Br)c1)C(=N)/C(=C(/O)c1ccccc1)C2c1ccc2c(c1)OCO2. The minimum atomic E-state index is -0.640. The summed E-state index contributed by atoms with van der Waals surface area (Å²) in [6, 6.07) is 22.5. The van der Waals surface area contributed by atoms with Gasteiger partial charge in [-0.1, -0.05) is 72.2 Å². The molecule has 3 aromatic rings. The van der Waals surface area contributed by atoms with Crippen molar-refractivity contribution in [3.8, 4) is 11.5 Å². The van der Waals surface area contributed by atoms with E-state index >= 15 is 0 Å². The first-order valence-corrected chi connectivity index (χ1v) is 13.3. The second-order valence-electron chi connectivity index (χ2n) is 10.6. The van der Waals surface area contributed by atoms with E-state index in [-0.39, 0.29) is 29.6 Å². The molecule has 38 heavy (non-hydrogen) atoms. The van der Waals surface area contributed by atoms with Crippen LogP contribution in [0.4, 0.5) is 5.69 Å². The highest BCUT2D eigenvalue weighted by molar-refractivity contribution is 9.10. The summed E-state index contributed by atoms with van der Waals surface area (Å²) in [4.78, 5) is 15.8. The monoisotopic (exact) mass is 570 g/mol. The number of aliphatic hydroxyl groups excluding tert-OH is 1. The molecular weight excluding hydrogens is 544 g/mol. The number of carbonyl (C=O) groups excluding carboxylic acids is 1. The minimum absolute atomic E-state index is 0.0183. The molecule has 0 amide bonds. The Morgan fingerprint density at radius 2 is 1.76 bits per heavy atom. The predicted octanol–water partition coefficient (Wildman–Crippen LogP) is 7.37. The van der Waals surface area contributed by atoms with E-state index in [2.05, 4.69) is 29.8 Å². The van der Waals surface area contributed by atoms with Crippen molar-refractivity contribution in [2.75, 3.05) is 11.7 Å². The maximum atomic E-state index is 14.0. The molecule has 1 atom stereocenters. The molecule has 0 aromatic heterocycles. The summed E-state index contributed by atoms with van der Waals surface area (Å²) in [5.41, 5.74) is 3.61. The minimum Gasteiger partial charge on any atom is -0.507 e. The summed E-state index contributed by atoms with van der Waals surface area (Å²) in [6.07, 6.45) is 0.995. The number of hydrogen-bond donors (Lipinski definition) is 2. The first-order chi connectivity index (χ1) is 18.2. The summed E-state index contributed by atoms with van der Waals surface area (Å²) >= 11 is 3.56.